The first-order chi connectivity index (χ1) is 10.7. The van der Waals surface area contributed by atoms with Gasteiger partial charge in [0.15, 0.2) is 0 Å². The second kappa shape index (κ2) is 4.91. The number of para-hydroxylation sites is 2. The van der Waals surface area contributed by atoms with Gasteiger partial charge >= 0.3 is 0 Å². The van der Waals surface area contributed by atoms with Crippen LogP contribution in [0.1, 0.15) is 21.5 Å². The first kappa shape index (κ1) is 13.0. The van der Waals surface area contributed by atoms with Gasteiger partial charge in [0.25, 0.3) is 5.91 Å². The van der Waals surface area contributed by atoms with Crippen molar-refractivity contribution in [2.45, 2.75) is 13.1 Å². The zero-order valence-electron chi connectivity index (χ0n) is 12.2. The molecule has 1 unspecified atom stereocenters. The van der Waals surface area contributed by atoms with Gasteiger partial charge in [-0.15, -0.1) is 0 Å². The molecule has 2 aromatic rings. The molecule has 0 bridgehead atoms. The maximum absolute atomic E-state index is 12.3. The van der Waals surface area contributed by atoms with Gasteiger partial charge in [-0.25, -0.2) is 0 Å². The molecule has 2 aliphatic rings. The summed E-state index contributed by atoms with van der Waals surface area (Å²) in [5.41, 5.74) is 4.70. The summed E-state index contributed by atoms with van der Waals surface area (Å²) in [5.74, 6) is 0.826. The highest BCUT2D eigenvalue weighted by Crippen LogP contribution is 2.30. The first-order valence-electron chi connectivity index (χ1n) is 7.32. The Bertz CT molecular complexity index is 795. The molecule has 2 aromatic carbocycles. The Balaban J connectivity index is 1.70. The zero-order chi connectivity index (χ0) is 15.1. The van der Waals surface area contributed by atoms with E-state index in [0.717, 1.165) is 28.1 Å². The number of hydrogen-bond donors (Lipinski definition) is 2. The molecule has 1 amide bonds. The van der Waals surface area contributed by atoms with Crippen LogP contribution in [0.3, 0.4) is 0 Å². The fraction of sp³-hybridized carbons (Fsp3) is 0.167. The van der Waals surface area contributed by atoms with E-state index in [1.54, 1.807) is 0 Å². The average molecular weight is 292 g/mol. The van der Waals surface area contributed by atoms with Crippen LogP contribution in [-0.4, -0.2) is 18.7 Å². The minimum Gasteiger partial charge on any atom is -0.488 e. The molecule has 4 heteroatoms. The van der Waals surface area contributed by atoms with Crippen molar-refractivity contribution in [3.05, 3.63) is 64.7 Å². The molecule has 0 saturated carbocycles. The van der Waals surface area contributed by atoms with Gasteiger partial charge in [-0.3, -0.25) is 4.79 Å². The molecule has 0 fully saturated rings. The molecule has 0 aromatic heterocycles. The Morgan fingerprint density at radius 1 is 1.09 bits per heavy atom. The van der Waals surface area contributed by atoms with E-state index >= 15 is 0 Å². The highest BCUT2D eigenvalue weighted by molar-refractivity contribution is 6.02. The van der Waals surface area contributed by atoms with Gasteiger partial charge in [0.05, 0.1) is 11.3 Å². The number of rotatable bonds is 1. The summed E-state index contributed by atoms with van der Waals surface area (Å²) in [5, 5.41) is 6.42. The number of hydrogen-bond acceptors (Lipinski definition) is 3. The van der Waals surface area contributed by atoms with Crippen molar-refractivity contribution in [2.75, 3.05) is 11.9 Å². The minimum atomic E-state index is -0.241. The Morgan fingerprint density at radius 3 is 2.86 bits per heavy atom. The number of amides is 1. The van der Waals surface area contributed by atoms with E-state index in [0.29, 0.717) is 12.2 Å². The lowest BCUT2D eigenvalue weighted by Crippen LogP contribution is -2.47. The van der Waals surface area contributed by atoms with E-state index in [1.807, 2.05) is 49.4 Å². The highest BCUT2D eigenvalue weighted by atomic mass is 16.5. The van der Waals surface area contributed by atoms with Crippen LogP contribution in [0.4, 0.5) is 5.69 Å². The van der Waals surface area contributed by atoms with Crippen LogP contribution in [0.5, 0.6) is 5.75 Å². The van der Waals surface area contributed by atoms with E-state index in [1.165, 1.54) is 0 Å². The summed E-state index contributed by atoms with van der Waals surface area (Å²) in [6, 6.07) is 13.6. The van der Waals surface area contributed by atoms with Crippen molar-refractivity contribution in [1.82, 2.24) is 5.32 Å². The molecule has 2 heterocycles. The topological polar surface area (TPSA) is 50.4 Å². The molecular weight excluding hydrogens is 276 g/mol. The van der Waals surface area contributed by atoms with Crippen LogP contribution in [0.15, 0.2) is 48.0 Å². The molecule has 110 valence electrons. The lowest BCUT2D eigenvalue weighted by molar-refractivity contribution is 0.0940. The number of fused-ring (bicyclic) bond motifs is 2. The zero-order valence-corrected chi connectivity index (χ0v) is 12.2. The molecule has 4 nitrogen and oxygen atoms in total. The fourth-order valence-electron chi connectivity index (χ4n) is 2.92. The van der Waals surface area contributed by atoms with Gasteiger partial charge in [0, 0.05) is 11.1 Å². The Morgan fingerprint density at radius 2 is 1.95 bits per heavy atom. The van der Waals surface area contributed by atoms with Crippen LogP contribution in [0, 0.1) is 6.92 Å². The van der Waals surface area contributed by atoms with E-state index < -0.39 is 0 Å². The number of ether oxygens (including phenoxy) is 1. The van der Waals surface area contributed by atoms with Crippen LogP contribution in [0.2, 0.25) is 0 Å². The molecule has 0 radical (unpaired) electrons. The molecule has 0 spiro atoms. The number of benzene rings is 2. The molecule has 2 aliphatic heterocycles. The van der Waals surface area contributed by atoms with Crippen molar-refractivity contribution in [3.63, 3.8) is 0 Å². The quantitative estimate of drug-likeness (QED) is 0.849. The van der Waals surface area contributed by atoms with Crippen molar-refractivity contribution in [2.24, 2.45) is 0 Å². The summed E-state index contributed by atoms with van der Waals surface area (Å²) >= 11 is 0. The normalized spacial score (nSPS) is 19.0. The van der Waals surface area contributed by atoms with Crippen molar-refractivity contribution < 1.29 is 9.53 Å². The predicted octanol–water partition coefficient (Wildman–Crippen LogP) is 2.95. The summed E-state index contributed by atoms with van der Waals surface area (Å²) in [6.45, 7) is 2.47. The highest BCUT2D eigenvalue weighted by Gasteiger charge is 2.28. The molecule has 2 N–H and O–H groups in total. The monoisotopic (exact) mass is 292 g/mol. The lowest BCUT2D eigenvalue weighted by Gasteiger charge is -2.32. The van der Waals surface area contributed by atoms with Gasteiger partial charge < -0.3 is 15.4 Å². The van der Waals surface area contributed by atoms with E-state index in [2.05, 4.69) is 16.7 Å². The van der Waals surface area contributed by atoms with Crippen molar-refractivity contribution in [1.29, 1.82) is 0 Å². The van der Waals surface area contributed by atoms with E-state index in [-0.39, 0.29) is 12.1 Å². The van der Waals surface area contributed by atoms with E-state index in [4.69, 9.17) is 4.74 Å². The van der Waals surface area contributed by atoms with Gasteiger partial charge in [0.2, 0.25) is 0 Å². The molecule has 0 saturated heterocycles. The molecule has 0 aliphatic carbocycles. The average Bonchev–Trinajstić information content (AvgIpc) is 2.55. The summed E-state index contributed by atoms with van der Waals surface area (Å²) in [4.78, 5) is 12.3. The number of carbonyl (C=O) groups is 1. The van der Waals surface area contributed by atoms with Gasteiger partial charge in [-0.05, 0) is 30.7 Å². The molecule has 1 atom stereocenters. The van der Waals surface area contributed by atoms with Crippen molar-refractivity contribution >= 4 is 17.7 Å². The summed E-state index contributed by atoms with van der Waals surface area (Å²) < 4.78 is 5.78. The SMILES string of the molecule is Cc1cccc2c1NC(C1=Cc3ccccc3OC1)NC2=O. The van der Waals surface area contributed by atoms with Crippen molar-refractivity contribution in [3.8, 4) is 5.75 Å². The van der Waals surface area contributed by atoms with Crippen LogP contribution < -0.4 is 15.4 Å². The summed E-state index contributed by atoms with van der Waals surface area (Å²) in [7, 11) is 0. The summed E-state index contributed by atoms with van der Waals surface area (Å²) in [6.07, 6.45) is 1.84. The van der Waals surface area contributed by atoms with Gasteiger partial charge in [-0.1, -0.05) is 30.3 Å². The van der Waals surface area contributed by atoms with Gasteiger partial charge in [-0.2, -0.15) is 0 Å². The van der Waals surface area contributed by atoms with E-state index in [9.17, 15) is 4.79 Å². The number of carbonyl (C=O) groups excluding carboxylic acids is 1. The standard InChI is InChI=1S/C18H16N2O2/c1-11-5-4-7-14-16(11)19-17(20-18(14)21)13-9-12-6-2-3-8-15(12)22-10-13/h2-9,17,19H,10H2,1H3,(H,20,21). The Labute approximate surface area is 128 Å². The Hall–Kier alpha value is -2.75. The smallest absolute Gasteiger partial charge is 0.255 e. The third kappa shape index (κ3) is 2.04. The largest absolute Gasteiger partial charge is 0.488 e. The number of aryl methyl sites for hydroxylation is 1. The molecular formula is C18H16N2O2. The maximum Gasteiger partial charge on any atom is 0.255 e. The number of anilines is 1. The first-order valence-corrected chi connectivity index (χ1v) is 7.32. The minimum absolute atomic E-state index is 0.0535. The van der Waals surface area contributed by atoms with Gasteiger partial charge in [0.1, 0.15) is 18.5 Å². The van der Waals surface area contributed by atoms with Crippen LogP contribution >= 0.6 is 0 Å². The number of nitrogens with one attached hydrogen (secondary N) is 2. The van der Waals surface area contributed by atoms with Crippen LogP contribution in [-0.2, 0) is 0 Å². The maximum atomic E-state index is 12.3. The van der Waals surface area contributed by atoms with Crippen LogP contribution in [0.25, 0.3) is 6.08 Å². The second-order valence-electron chi connectivity index (χ2n) is 5.59. The molecule has 4 rings (SSSR count). The third-order valence-corrected chi connectivity index (χ3v) is 4.11. The Kier molecular flexibility index (Phi) is 2.89. The fourth-order valence-corrected chi connectivity index (χ4v) is 2.92. The predicted molar refractivity (Wildman–Crippen MR) is 86.0 cm³/mol. The third-order valence-electron chi connectivity index (χ3n) is 4.11. The second-order valence-corrected chi connectivity index (χ2v) is 5.59. The molecule has 22 heavy (non-hydrogen) atoms. The lowest BCUT2D eigenvalue weighted by atomic mass is 10.0.